The Bertz CT molecular complexity index is 934. The molecule has 0 fully saturated rings. The summed E-state index contributed by atoms with van der Waals surface area (Å²) in [6.45, 7) is 23.3. The van der Waals surface area contributed by atoms with E-state index < -0.39 is 21.8 Å². The summed E-state index contributed by atoms with van der Waals surface area (Å²) < 4.78 is 4.93. The van der Waals surface area contributed by atoms with Crippen molar-refractivity contribution in [3.8, 4) is 0 Å². The van der Waals surface area contributed by atoms with E-state index in [-0.39, 0.29) is 0 Å². The molecule has 3 nitrogen and oxygen atoms in total. The first-order valence-corrected chi connectivity index (χ1v) is 19.5. The molecular formula is C33H48BiN3. The van der Waals surface area contributed by atoms with Gasteiger partial charge in [0.2, 0.25) is 0 Å². The van der Waals surface area contributed by atoms with E-state index in [1.165, 1.54) is 16.7 Å². The maximum atomic E-state index is 2.56. The average Bonchev–Trinajstić information content (AvgIpc) is 2.95. The average molecular weight is 696 g/mol. The van der Waals surface area contributed by atoms with Crippen LogP contribution in [0.5, 0.6) is 0 Å². The van der Waals surface area contributed by atoms with Gasteiger partial charge >= 0.3 is 236 Å². The van der Waals surface area contributed by atoms with Crippen molar-refractivity contribution in [2.75, 3.05) is 39.3 Å². The molecule has 0 heterocycles. The van der Waals surface area contributed by atoms with Gasteiger partial charge in [-0.2, -0.15) is 0 Å². The fourth-order valence-corrected chi connectivity index (χ4v) is 15.9. The van der Waals surface area contributed by atoms with Crippen LogP contribution in [0.1, 0.15) is 58.2 Å². The summed E-state index contributed by atoms with van der Waals surface area (Å²) in [6, 6.07) is 28.2. The Kier molecular flexibility index (Phi) is 12.8. The third kappa shape index (κ3) is 7.96. The second-order valence-electron chi connectivity index (χ2n) is 9.61. The Morgan fingerprint density at radius 3 is 0.892 bits per heavy atom. The van der Waals surface area contributed by atoms with E-state index in [1.54, 1.807) is 9.81 Å². The zero-order chi connectivity index (χ0) is 26.6. The molecule has 4 heteroatoms. The van der Waals surface area contributed by atoms with Gasteiger partial charge in [-0.3, -0.25) is 0 Å². The van der Waals surface area contributed by atoms with E-state index >= 15 is 0 Å². The molecule has 3 rings (SSSR count). The van der Waals surface area contributed by atoms with Gasteiger partial charge in [0.05, 0.1) is 0 Å². The first-order valence-electron chi connectivity index (χ1n) is 14.3. The van der Waals surface area contributed by atoms with E-state index in [1.807, 2.05) is 0 Å². The Morgan fingerprint density at radius 1 is 0.405 bits per heavy atom. The number of hydrogen-bond donors (Lipinski definition) is 0. The predicted octanol–water partition coefficient (Wildman–Crippen LogP) is 4.73. The van der Waals surface area contributed by atoms with Crippen LogP contribution in [0.2, 0.25) is 0 Å². The molecule has 0 atom stereocenters. The van der Waals surface area contributed by atoms with Gasteiger partial charge in [0.15, 0.2) is 0 Å². The molecule has 0 aliphatic heterocycles. The van der Waals surface area contributed by atoms with Crippen LogP contribution in [-0.4, -0.2) is 75.7 Å². The topological polar surface area (TPSA) is 9.72 Å². The number of hydrogen-bond acceptors (Lipinski definition) is 3. The molecule has 37 heavy (non-hydrogen) atoms. The number of rotatable bonds is 15. The van der Waals surface area contributed by atoms with Gasteiger partial charge in [-0.15, -0.1) is 0 Å². The third-order valence-electron chi connectivity index (χ3n) is 7.56. The van der Waals surface area contributed by atoms with Crippen LogP contribution in [0, 0.1) is 0 Å². The molecule has 0 N–H and O–H groups in total. The van der Waals surface area contributed by atoms with E-state index in [4.69, 9.17) is 0 Å². The van der Waals surface area contributed by atoms with Crippen molar-refractivity contribution in [2.24, 2.45) is 0 Å². The molecule has 0 amide bonds. The number of nitrogens with zero attached hydrogens (tertiary/aromatic N) is 3. The van der Waals surface area contributed by atoms with Crippen LogP contribution < -0.4 is 9.81 Å². The second-order valence-corrected chi connectivity index (χ2v) is 17.8. The zero-order valence-electron chi connectivity index (χ0n) is 24.1. The first kappa shape index (κ1) is 30.0. The zero-order valence-corrected chi connectivity index (χ0v) is 27.6. The molecule has 0 spiro atoms. The van der Waals surface area contributed by atoms with E-state index in [0.29, 0.717) is 0 Å². The van der Waals surface area contributed by atoms with Crippen LogP contribution in [-0.2, 0) is 19.6 Å². The first-order chi connectivity index (χ1) is 18.1. The van der Waals surface area contributed by atoms with Crippen LogP contribution in [0.4, 0.5) is 0 Å². The Balaban J connectivity index is 2.24. The molecule has 0 radical (unpaired) electrons. The minimum atomic E-state index is -2.66. The molecular weight excluding hydrogens is 647 g/mol. The van der Waals surface area contributed by atoms with Crippen LogP contribution in [0.3, 0.4) is 0 Å². The predicted molar refractivity (Wildman–Crippen MR) is 164 cm³/mol. The summed E-state index contributed by atoms with van der Waals surface area (Å²) >= 11 is -2.66. The van der Waals surface area contributed by atoms with Crippen molar-refractivity contribution in [1.29, 1.82) is 0 Å². The van der Waals surface area contributed by atoms with Crippen molar-refractivity contribution < 1.29 is 0 Å². The molecule has 3 aromatic rings. The van der Waals surface area contributed by atoms with Crippen molar-refractivity contribution in [1.82, 2.24) is 14.7 Å². The van der Waals surface area contributed by atoms with E-state index in [2.05, 4.69) is 129 Å². The van der Waals surface area contributed by atoms with E-state index in [9.17, 15) is 0 Å². The SMILES string of the molecule is CCN(CC)Cc1cccc[c]1[Bi]([c]1ccccc1CN(CC)CC)[c]1ccccc1CN(CC)CC. The summed E-state index contributed by atoms with van der Waals surface area (Å²) in [7, 11) is 0. The van der Waals surface area contributed by atoms with Crippen molar-refractivity contribution in [3.63, 3.8) is 0 Å². The molecule has 0 saturated heterocycles. The molecule has 0 aromatic heterocycles. The standard InChI is InChI=1S/3C11H16N.Bi/c3*1-3-12(4-2)10-11-8-6-5-7-9-11;/h3*5-8H,3-4,10H2,1-2H3;. The van der Waals surface area contributed by atoms with Gasteiger partial charge in [0.1, 0.15) is 0 Å². The number of benzene rings is 3. The van der Waals surface area contributed by atoms with Crippen LogP contribution in [0.15, 0.2) is 72.8 Å². The Labute approximate surface area is 235 Å². The molecule has 0 unspecified atom stereocenters. The molecule has 3 aromatic carbocycles. The van der Waals surface area contributed by atoms with E-state index in [0.717, 1.165) is 58.9 Å². The molecule has 0 bridgehead atoms. The third-order valence-corrected chi connectivity index (χ3v) is 18.3. The Hall–Kier alpha value is -1.58. The minimum absolute atomic E-state index is 1.03. The van der Waals surface area contributed by atoms with Gasteiger partial charge in [0, 0.05) is 0 Å². The molecule has 0 saturated carbocycles. The van der Waals surface area contributed by atoms with Gasteiger partial charge in [0.25, 0.3) is 0 Å². The summed E-state index contributed by atoms with van der Waals surface area (Å²) in [5, 5.41) is 0. The molecule has 0 aliphatic rings. The van der Waals surface area contributed by atoms with Gasteiger partial charge < -0.3 is 0 Å². The summed E-state index contributed by atoms with van der Waals surface area (Å²) in [6.07, 6.45) is 0. The van der Waals surface area contributed by atoms with Crippen molar-refractivity contribution >= 4 is 31.6 Å². The second kappa shape index (κ2) is 15.7. The molecule has 200 valence electrons. The van der Waals surface area contributed by atoms with Gasteiger partial charge in [-0.25, -0.2) is 0 Å². The van der Waals surface area contributed by atoms with Crippen LogP contribution in [0.25, 0.3) is 0 Å². The quantitative estimate of drug-likeness (QED) is 0.213. The van der Waals surface area contributed by atoms with Gasteiger partial charge in [-0.05, 0) is 0 Å². The maximum absolute atomic E-state index is 2.66. The van der Waals surface area contributed by atoms with Gasteiger partial charge in [-0.1, -0.05) is 0 Å². The van der Waals surface area contributed by atoms with Crippen molar-refractivity contribution in [3.05, 3.63) is 89.5 Å². The molecule has 0 aliphatic carbocycles. The Morgan fingerprint density at radius 2 is 0.649 bits per heavy atom. The monoisotopic (exact) mass is 695 g/mol. The summed E-state index contributed by atoms with van der Waals surface area (Å²) in [4.78, 5) is 7.68. The summed E-state index contributed by atoms with van der Waals surface area (Å²) in [5.74, 6) is 0. The normalized spacial score (nSPS) is 11.8. The van der Waals surface area contributed by atoms with Crippen molar-refractivity contribution in [2.45, 2.75) is 61.2 Å². The fourth-order valence-electron chi connectivity index (χ4n) is 5.04. The van der Waals surface area contributed by atoms with Crippen LogP contribution >= 0.6 is 0 Å². The summed E-state index contributed by atoms with van der Waals surface area (Å²) in [5.41, 5.74) is 4.58. The fraction of sp³-hybridized carbons (Fsp3) is 0.455.